The molecule has 3 rings (SSSR count). The van der Waals surface area contributed by atoms with Gasteiger partial charge in [0.2, 0.25) is 6.10 Å². The Morgan fingerprint density at radius 2 is 1.73 bits per heavy atom. The van der Waals surface area contributed by atoms with Crippen LogP contribution in [0, 0.1) is 5.82 Å². The molecule has 1 heterocycles. The lowest BCUT2D eigenvalue weighted by Crippen LogP contribution is -2.31. The Hall–Kier alpha value is -2.99. The molecule has 132 valence electrons. The van der Waals surface area contributed by atoms with Crippen LogP contribution in [0.4, 0.5) is 4.39 Å². The molecule has 1 unspecified atom stereocenters. The van der Waals surface area contributed by atoms with Gasteiger partial charge in [-0.3, -0.25) is 4.79 Å². The number of amides is 1. The van der Waals surface area contributed by atoms with E-state index in [9.17, 15) is 14.0 Å². The lowest BCUT2D eigenvalue weighted by atomic mass is 10.1. The third-order valence-electron chi connectivity index (χ3n) is 3.67. The van der Waals surface area contributed by atoms with Gasteiger partial charge in [0.05, 0.1) is 0 Å². The molecule has 26 heavy (non-hydrogen) atoms. The summed E-state index contributed by atoms with van der Waals surface area (Å²) in [4.78, 5) is 25.3. The summed E-state index contributed by atoms with van der Waals surface area (Å²) in [5, 5.41) is 4.51. The van der Waals surface area contributed by atoms with E-state index in [1.807, 2.05) is 30.3 Å². The minimum atomic E-state index is -1.16. The average molecular weight is 369 g/mol. The average Bonchev–Trinajstić information content (AvgIpc) is 3.21. The van der Waals surface area contributed by atoms with E-state index < -0.39 is 23.8 Å². The van der Waals surface area contributed by atoms with Crippen molar-refractivity contribution in [1.29, 1.82) is 0 Å². The van der Waals surface area contributed by atoms with Crippen LogP contribution in [0.2, 0.25) is 0 Å². The van der Waals surface area contributed by atoms with E-state index >= 15 is 0 Å². The summed E-state index contributed by atoms with van der Waals surface area (Å²) in [6, 6.07) is 18.1. The van der Waals surface area contributed by atoms with Gasteiger partial charge in [0.25, 0.3) is 5.91 Å². The maximum Gasteiger partial charge on any atom is 0.349 e. The Bertz CT molecular complexity index is 864. The zero-order valence-electron chi connectivity index (χ0n) is 13.7. The summed E-state index contributed by atoms with van der Waals surface area (Å²) in [6.07, 6.45) is -1.16. The SMILES string of the molecule is O=C(OC(C(=O)NCc1ccccc1)c1ccc(F)cc1)c1cccs1. The molecule has 1 aromatic heterocycles. The molecule has 6 heteroatoms. The van der Waals surface area contributed by atoms with Crippen molar-refractivity contribution in [2.45, 2.75) is 12.6 Å². The van der Waals surface area contributed by atoms with Crippen molar-refractivity contribution in [2.75, 3.05) is 0 Å². The van der Waals surface area contributed by atoms with Gasteiger partial charge in [-0.1, -0.05) is 48.5 Å². The quantitative estimate of drug-likeness (QED) is 0.666. The van der Waals surface area contributed by atoms with Crippen LogP contribution in [0.3, 0.4) is 0 Å². The smallest absolute Gasteiger partial charge is 0.349 e. The van der Waals surface area contributed by atoms with E-state index in [2.05, 4.69) is 5.32 Å². The normalized spacial score (nSPS) is 11.6. The van der Waals surface area contributed by atoms with Crippen LogP contribution in [0.25, 0.3) is 0 Å². The highest BCUT2D eigenvalue weighted by molar-refractivity contribution is 7.11. The number of carbonyl (C=O) groups is 2. The van der Waals surface area contributed by atoms with Crippen molar-refractivity contribution >= 4 is 23.2 Å². The Labute approximate surface area is 154 Å². The Morgan fingerprint density at radius 1 is 1.00 bits per heavy atom. The first-order valence-electron chi connectivity index (χ1n) is 7.95. The van der Waals surface area contributed by atoms with Crippen molar-refractivity contribution in [3.8, 4) is 0 Å². The molecule has 0 spiro atoms. The Balaban J connectivity index is 1.76. The zero-order chi connectivity index (χ0) is 18.4. The van der Waals surface area contributed by atoms with Crippen molar-refractivity contribution in [3.63, 3.8) is 0 Å². The number of halogens is 1. The van der Waals surface area contributed by atoms with Crippen molar-refractivity contribution < 1.29 is 18.7 Å². The summed E-state index contributed by atoms with van der Waals surface area (Å²) in [5.74, 6) is -1.49. The molecular formula is C20H16FNO3S. The topological polar surface area (TPSA) is 55.4 Å². The van der Waals surface area contributed by atoms with Crippen molar-refractivity contribution in [1.82, 2.24) is 5.32 Å². The molecule has 1 amide bonds. The third kappa shape index (κ3) is 4.55. The fourth-order valence-corrected chi connectivity index (χ4v) is 2.95. The van der Waals surface area contributed by atoms with E-state index in [0.717, 1.165) is 5.56 Å². The molecule has 0 aliphatic rings. The summed E-state index contributed by atoms with van der Waals surface area (Å²) >= 11 is 1.23. The van der Waals surface area contributed by atoms with Crippen LogP contribution in [0.1, 0.15) is 26.9 Å². The maximum absolute atomic E-state index is 13.2. The maximum atomic E-state index is 13.2. The Kier molecular flexibility index (Phi) is 5.76. The van der Waals surface area contributed by atoms with Gasteiger partial charge < -0.3 is 10.1 Å². The molecule has 1 atom stereocenters. The molecular weight excluding hydrogens is 353 g/mol. The van der Waals surface area contributed by atoms with Gasteiger partial charge in [-0.15, -0.1) is 11.3 Å². The molecule has 0 saturated carbocycles. The molecule has 0 aliphatic carbocycles. The van der Waals surface area contributed by atoms with Crippen LogP contribution in [-0.4, -0.2) is 11.9 Å². The first-order chi connectivity index (χ1) is 12.6. The van der Waals surface area contributed by atoms with Crippen LogP contribution in [0.5, 0.6) is 0 Å². The second-order valence-corrected chi connectivity index (χ2v) is 6.47. The molecule has 0 bridgehead atoms. The summed E-state index contributed by atoms with van der Waals surface area (Å²) < 4.78 is 18.6. The van der Waals surface area contributed by atoms with Gasteiger partial charge in [0.1, 0.15) is 10.7 Å². The van der Waals surface area contributed by atoms with Crippen LogP contribution in [0.15, 0.2) is 72.1 Å². The number of rotatable bonds is 6. The molecule has 0 fully saturated rings. The van der Waals surface area contributed by atoms with E-state index in [1.165, 1.54) is 35.6 Å². The first kappa shape index (κ1) is 17.8. The fraction of sp³-hybridized carbons (Fsp3) is 0.100. The Morgan fingerprint density at radius 3 is 2.38 bits per heavy atom. The predicted molar refractivity (Wildman–Crippen MR) is 97.2 cm³/mol. The number of ether oxygens (including phenoxy) is 1. The van der Waals surface area contributed by atoms with Gasteiger partial charge in [-0.2, -0.15) is 0 Å². The molecule has 1 N–H and O–H groups in total. The van der Waals surface area contributed by atoms with E-state index in [-0.39, 0.29) is 0 Å². The molecule has 0 saturated heterocycles. The first-order valence-corrected chi connectivity index (χ1v) is 8.83. The minimum Gasteiger partial charge on any atom is -0.443 e. The molecule has 4 nitrogen and oxygen atoms in total. The van der Waals surface area contributed by atoms with Gasteiger partial charge >= 0.3 is 5.97 Å². The second kappa shape index (κ2) is 8.40. The summed E-state index contributed by atoms with van der Waals surface area (Å²) in [7, 11) is 0. The highest BCUT2D eigenvalue weighted by Gasteiger charge is 2.26. The predicted octanol–water partition coefficient (Wildman–Crippen LogP) is 4.10. The van der Waals surface area contributed by atoms with E-state index in [1.54, 1.807) is 17.5 Å². The van der Waals surface area contributed by atoms with Gasteiger partial charge in [0.15, 0.2) is 0 Å². The number of hydrogen-bond acceptors (Lipinski definition) is 4. The highest BCUT2D eigenvalue weighted by atomic mass is 32.1. The molecule has 0 aliphatic heterocycles. The molecule has 0 radical (unpaired) electrons. The van der Waals surface area contributed by atoms with Crippen molar-refractivity contribution in [3.05, 3.63) is 93.9 Å². The zero-order valence-corrected chi connectivity index (χ0v) is 14.5. The van der Waals surface area contributed by atoms with Gasteiger partial charge in [-0.25, -0.2) is 9.18 Å². The largest absolute Gasteiger partial charge is 0.443 e. The number of hydrogen-bond donors (Lipinski definition) is 1. The van der Waals surface area contributed by atoms with Crippen LogP contribution in [-0.2, 0) is 16.1 Å². The van der Waals surface area contributed by atoms with E-state index in [4.69, 9.17) is 4.74 Å². The number of thiophene rings is 1. The van der Waals surface area contributed by atoms with Crippen LogP contribution >= 0.6 is 11.3 Å². The van der Waals surface area contributed by atoms with Crippen molar-refractivity contribution in [2.24, 2.45) is 0 Å². The lowest BCUT2D eigenvalue weighted by Gasteiger charge is -2.18. The standard InChI is InChI=1S/C20H16FNO3S/c21-16-10-8-15(9-11-16)18(25-20(24)17-7-4-12-26-17)19(23)22-13-14-5-2-1-3-6-14/h1-12,18H,13H2,(H,22,23). The number of carbonyl (C=O) groups excluding carboxylic acids is 2. The monoisotopic (exact) mass is 369 g/mol. The summed E-state index contributed by atoms with van der Waals surface area (Å²) in [6.45, 7) is 0.300. The van der Waals surface area contributed by atoms with E-state index in [0.29, 0.717) is 17.0 Å². The number of nitrogens with one attached hydrogen (secondary N) is 1. The second-order valence-electron chi connectivity index (χ2n) is 5.52. The highest BCUT2D eigenvalue weighted by Crippen LogP contribution is 2.22. The molecule has 3 aromatic rings. The number of esters is 1. The molecule has 2 aromatic carbocycles. The van der Waals surface area contributed by atoms with Gasteiger partial charge in [0, 0.05) is 12.1 Å². The fourth-order valence-electron chi connectivity index (χ4n) is 2.35. The minimum absolute atomic E-state index is 0.300. The lowest BCUT2D eigenvalue weighted by molar-refractivity contribution is -0.130. The number of benzene rings is 2. The van der Waals surface area contributed by atoms with Crippen LogP contribution < -0.4 is 5.32 Å². The van der Waals surface area contributed by atoms with Gasteiger partial charge in [-0.05, 0) is 29.1 Å². The third-order valence-corrected chi connectivity index (χ3v) is 4.52. The summed E-state index contributed by atoms with van der Waals surface area (Å²) in [5.41, 5.74) is 1.32.